The summed E-state index contributed by atoms with van der Waals surface area (Å²) < 4.78 is 5.24. The van der Waals surface area contributed by atoms with Gasteiger partial charge in [0, 0.05) is 6.42 Å². The van der Waals surface area contributed by atoms with Crippen LogP contribution >= 0.6 is 0 Å². The Bertz CT molecular complexity index is 749. The van der Waals surface area contributed by atoms with Gasteiger partial charge in [-0.2, -0.15) is 0 Å². The summed E-state index contributed by atoms with van der Waals surface area (Å²) in [4.78, 5) is 12.7. The highest BCUT2D eigenvalue weighted by molar-refractivity contribution is 5.77. The van der Waals surface area contributed by atoms with Crippen LogP contribution in [0.4, 0.5) is 0 Å². The van der Waals surface area contributed by atoms with Gasteiger partial charge in [0.15, 0.2) is 0 Å². The number of hydrogen-bond acceptors (Lipinski definition) is 2. The van der Waals surface area contributed by atoms with Crippen molar-refractivity contribution in [1.82, 2.24) is 5.32 Å². The van der Waals surface area contributed by atoms with Crippen LogP contribution in [-0.4, -0.2) is 13.0 Å². The second-order valence-corrected chi connectivity index (χ2v) is 7.29. The van der Waals surface area contributed by atoms with Crippen molar-refractivity contribution in [2.75, 3.05) is 7.11 Å². The van der Waals surface area contributed by atoms with Crippen LogP contribution in [0.5, 0.6) is 5.75 Å². The first kappa shape index (κ1) is 16.2. The van der Waals surface area contributed by atoms with Crippen molar-refractivity contribution in [3.63, 3.8) is 0 Å². The van der Waals surface area contributed by atoms with Gasteiger partial charge in [0.05, 0.1) is 13.2 Å². The molecule has 2 aliphatic carbocycles. The van der Waals surface area contributed by atoms with Crippen molar-refractivity contribution in [2.45, 2.75) is 44.1 Å². The molecule has 130 valence electrons. The number of carbonyl (C=O) groups is 1. The molecule has 1 saturated carbocycles. The standard InChI is InChI=1S/C22H25NO2/c1-25-19-12-10-17(11-13-19)22(16-7-8-16)23-21(24)14-18-9-6-15-4-2-3-5-20(15)18/h2-5,10-13,16,18,22H,6-9,14H2,1H3,(H,23,24). The predicted octanol–water partition coefficient (Wildman–Crippen LogP) is 4.38. The summed E-state index contributed by atoms with van der Waals surface area (Å²) >= 11 is 0. The number of benzene rings is 2. The number of ether oxygens (including phenoxy) is 1. The molecule has 1 fully saturated rings. The van der Waals surface area contributed by atoms with E-state index in [0.29, 0.717) is 18.3 Å². The summed E-state index contributed by atoms with van der Waals surface area (Å²) in [6, 6.07) is 16.8. The van der Waals surface area contributed by atoms with Crippen molar-refractivity contribution in [3.05, 3.63) is 65.2 Å². The Morgan fingerprint density at radius 1 is 1.12 bits per heavy atom. The highest BCUT2D eigenvalue weighted by Gasteiger charge is 2.34. The molecule has 2 aromatic rings. The molecule has 0 aliphatic heterocycles. The van der Waals surface area contributed by atoms with E-state index in [9.17, 15) is 4.79 Å². The predicted molar refractivity (Wildman–Crippen MR) is 98.7 cm³/mol. The molecule has 0 heterocycles. The third-order valence-electron chi connectivity index (χ3n) is 5.57. The number of hydrogen-bond donors (Lipinski definition) is 1. The normalized spacial score (nSPS) is 20.0. The first-order valence-electron chi connectivity index (χ1n) is 9.25. The van der Waals surface area contributed by atoms with Crippen LogP contribution in [0.15, 0.2) is 48.5 Å². The maximum Gasteiger partial charge on any atom is 0.221 e. The molecule has 4 rings (SSSR count). The van der Waals surface area contributed by atoms with Crippen LogP contribution in [0.25, 0.3) is 0 Å². The van der Waals surface area contributed by atoms with Gasteiger partial charge in [-0.3, -0.25) is 4.79 Å². The lowest BCUT2D eigenvalue weighted by Crippen LogP contribution is -2.30. The number of nitrogens with one attached hydrogen (secondary N) is 1. The fourth-order valence-electron chi connectivity index (χ4n) is 4.03. The lowest BCUT2D eigenvalue weighted by atomic mass is 9.96. The zero-order valence-corrected chi connectivity index (χ0v) is 14.7. The van der Waals surface area contributed by atoms with E-state index >= 15 is 0 Å². The molecule has 0 spiro atoms. The summed E-state index contributed by atoms with van der Waals surface area (Å²) in [5.74, 6) is 1.97. The number of carbonyl (C=O) groups excluding carboxylic acids is 1. The molecule has 1 N–H and O–H groups in total. The number of fused-ring (bicyclic) bond motifs is 1. The van der Waals surface area contributed by atoms with E-state index in [1.54, 1.807) is 7.11 Å². The van der Waals surface area contributed by atoms with Gasteiger partial charge in [-0.15, -0.1) is 0 Å². The molecule has 2 aromatic carbocycles. The quantitative estimate of drug-likeness (QED) is 0.850. The summed E-state index contributed by atoms with van der Waals surface area (Å²) in [7, 11) is 1.68. The first-order valence-corrected chi connectivity index (χ1v) is 9.25. The Morgan fingerprint density at radius 2 is 1.88 bits per heavy atom. The maximum atomic E-state index is 12.7. The molecule has 2 atom stereocenters. The third-order valence-corrected chi connectivity index (χ3v) is 5.57. The zero-order valence-electron chi connectivity index (χ0n) is 14.7. The molecule has 0 saturated heterocycles. The largest absolute Gasteiger partial charge is 0.497 e. The summed E-state index contributed by atoms with van der Waals surface area (Å²) in [5, 5.41) is 3.31. The van der Waals surface area contributed by atoms with Gasteiger partial charge in [-0.05, 0) is 66.3 Å². The third kappa shape index (κ3) is 3.55. The molecule has 25 heavy (non-hydrogen) atoms. The minimum atomic E-state index is 0.134. The van der Waals surface area contributed by atoms with Crippen LogP contribution in [0, 0.1) is 5.92 Å². The molecular formula is C22H25NO2. The van der Waals surface area contributed by atoms with Gasteiger partial charge in [0.2, 0.25) is 5.91 Å². The first-order chi connectivity index (χ1) is 12.2. The minimum Gasteiger partial charge on any atom is -0.497 e. The van der Waals surface area contributed by atoms with E-state index in [0.717, 1.165) is 18.6 Å². The van der Waals surface area contributed by atoms with Crippen LogP contribution in [0.3, 0.4) is 0 Å². The molecule has 1 amide bonds. The number of aryl methyl sites for hydroxylation is 1. The average Bonchev–Trinajstić information content (AvgIpc) is 3.42. The molecule has 3 heteroatoms. The van der Waals surface area contributed by atoms with Crippen LogP contribution < -0.4 is 10.1 Å². The zero-order chi connectivity index (χ0) is 17.2. The van der Waals surface area contributed by atoms with Crippen LogP contribution in [0.2, 0.25) is 0 Å². The highest BCUT2D eigenvalue weighted by atomic mass is 16.5. The van der Waals surface area contributed by atoms with Crippen LogP contribution in [-0.2, 0) is 11.2 Å². The molecule has 0 bridgehead atoms. The Kier molecular flexibility index (Phi) is 4.48. The van der Waals surface area contributed by atoms with E-state index in [-0.39, 0.29) is 11.9 Å². The second-order valence-electron chi connectivity index (χ2n) is 7.29. The topological polar surface area (TPSA) is 38.3 Å². The Morgan fingerprint density at radius 3 is 2.60 bits per heavy atom. The lowest BCUT2D eigenvalue weighted by molar-refractivity contribution is -0.122. The smallest absolute Gasteiger partial charge is 0.221 e. The van der Waals surface area contributed by atoms with E-state index in [1.807, 2.05) is 12.1 Å². The molecule has 0 radical (unpaired) electrons. The van der Waals surface area contributed by atoms with Gasteiger partial charge >= 0.3 is 0 Å². The summed E-state index contributed by atoms with van der Waals surface area (Å²) in [5.41, 5.74) is 3.96. The van der Waals surface area contributed by atoms with Crippen molar-refractivity contribution in [3.8, 4) is 5.75 Å². The number of rotatable bonds is 6. The van der Waals surface area contributed by atoms with Crippen molar-refractivity contribution in [2.24, 2.45) is 5.92 Å². The highest BCUT2D eigenvalue weighted by Crippen LogP contribution is 2.42. The maximum absolute atomic E-state index is 12.7. The second kappa shape index (κ2) is 6.91. The van der Waals surface area contributed by atoms with Crippen molar-refractivity contribution >= 4 is 5.91 Å². The SMILES string of the molecule is COc1ccc(C(NC(=O)CC2CCc3ccccc32)C2CC2)cc1. The molecule has 2 aliphatic rings. The minimum absolute atomic E-state index is 0.134. The van der Waals surface area contributed by atoms with Gasteiger partial charge in [-0.25, -0.2) is 0 Å². The number of amides is 1. The van der Waals surface area contributed by atoms with E-state index in [4.69, 9.17) is 4.74 Å². The van der Waals surface area contributed by atoms with Gasteiger partial charge < -0.3 is 10.1 Å². The lowest BCUT2D eigenvalue weighted by Gasteiger charge is -2.20. The molecular weight excluding hydrogens is 310 g/mol. The molecule has 3 nitrogen and oxygen atoms in total. The molecule has 0 aromatic heterocycles. The Hall–Kier alpha value is -2.29. The van der Waals surface area contributed by atoms with E-state index in [1.165, 1.54) is 29.5 Å². The Balaban J connectivity index is 1.43. The average molecular weight is 335 g/mol. The fourth-order valence-corrected chi connectivity index (χ4v) is 4.03. The fraction of sp³-hybridized carbons (Fsp3) is 0.409. The Labute approximate surface area is 149 Å². The van der Waals surface area contributed by atoms with Crippen molar-refractivity contribution < 1.29 is 9.53 Å². The number of methoxy groups -OCH3 is 1. The molecule has 2 unspecified atom stereocenters. The van der Waals surface area contributed by atoms with Gasteiger partial charge in [0.25, 0.3) is 0 Å². The van der Waals surface area contributed by atoms with Crippen molar-refractivity contribution in [1.29, 1.82) is 0 Å². The van der Waals surface area contributed by atoms with Gasteiger partial charge in [-0.1, -0.05) is 36.4 Å². The van der Waals surface area contributed by atoms with Crippen LogP contribution in [0.1, 0.15) is 54.3 Å². The van der Waals surface area contributed by atoms with E-state index < -0.39 is 0 Å². The summed E-state index contributed by atoms with van der Waals surface area (Å²) in [6.45, 7) is 0. The van der Waals surface area contributed by atoms with E-state index in [2.05, 4.69) is 41.7 Å². The monoisotopic (exact) mass is 335 g/mol. The summed E-state index contributed by atoms with van der Waals surface area (Å²) in [6.07, 6.45) is 5.17. The van der Waals surface area contributed by atoms with Gasteiger partial charge in [0.1, 0.15) is 5.75 Å².